The molecule has 2 aromatic rings. The first-order valence-corrected chi connectivity index (χ1v) is 6.40. The zero-order chi connectivity index (χ0) is 13.2. The Balaban J connectivity index is 1.86. The van der Waals surface area contributed by atoms with Crippen LogP contribution in [0.2, 0.25) is 0 Å². The van der Waals surface area contributed by atoms with Gasteiger partial charge < -0.3 is 9.42 Å². The lowest BCUT2D eigenvalue weighted by atomic mass is 10.1. The number of amides is 1. The van der Waals surface area contributed by atoms with Gasteiger partial charge in [0, 0.05) is 25.0 Å². The smallest absolute Gasteiger partial charge is 0.292 e. The monoisotopic (exact) mass is 257 g/mol. The summed E-state index contributed by atoms with van der Waals surface area (Å²) in [4.78, 5) is 18.3. The Kier molecular flexibility index (Phi) is 3.03. The molecule has 0 bridgehead atoms. The second-order valence-corrected chi connectivity index (χ2v) is 4.77. The van der Waals surface area contributed by atoms with Crippen LogP contribution < -0.4 is 0 Å². The van der Waals surface area contributed by atoms with Crippen LogP contribution in [0.25, 0.3) is 0 Å². The van der Waals surface area contributed by atoms with Crippen LogP contribution in [-0.2, 0) is 0 Å². The quantitative estimate of drug-likeness (QED) is 0.828. The molecule has 1 atom stereocenters. The maximum absolute atomic E-state index is 12.4. The Hall–Kier alpha value is -2.17. The number of pyridine rings is 1. The number of nitrogens with zero attached hydrogens (tertiary/aromatic N) is 3. The van der Waals surface area contributed by atoms with E-state index in [0.717, 1.165) is 30.6 Å². The van der Waals surface area contributed by atoms with Crippen LogP contribution in [0.15, 0.2) is 35.1 Å². The molecule has 5 heteroatoms. The van der Waals surface area contributed by atoms with Gasteiger partial charge in [-0.15, -0.1) is 0 Å². The number of rotatable bonds is 2. The predicted molar refractivity (Wildman–Crippen MR) is 68.5 cm³/mol. The Morgan fingerprint density at radius 2 is 2.21 bits per heavy atom. The predicted octanol–water partition coefficient (Wildman–Crippen LogP) is 2.36. The first-order valence-electron chi connectivity index (χ1n) is 6.40. The molecule has 1 fully saturated rings. The summed E-state index contributed by atoms with van der Waals surface area (Å²) in [5.74, 6) is 0.235. The SMILES string of the molecule is Cc1cc(C(=O)N2CCC[C@@H]2c2ccncc2)on1. The summed E-state index contributed by atoms with van der Waals surface area (Å²) in [5, 5.41) is 3.77. The summed E-state index contributed by atoms with van der Waals surface area (Å²) in [6.07, 6.45) is 5.50. The number of aromatic nitrogens is 2. The maximum Gasteiger partial charge on any atom is 0.292 e. The number of hydrogen-bond acceptors (Lipinski definition) is 4. The zero-order valence-electron chi connectivity index (χ0n) is 10.7. The van der Waals surface area contributed by atoms with E-state index in [2.05, 4.69) is 10.1 Å². The second-order valence-electron chi connectivity index (χ2n) is 4.77. The van der Waals surface area contributed by atoms with Crippen molar-refractivity contribution in [2.75, 3.05) is 6.54 Å². The van der Waals surface area contributed by atoms with E-state index < -0.39 is 0 Å². The van der Waals surface area contributed by atoms with Crippen LogP contribution in [0.3, 0.4) is 0 Å². The van der Waals surface area contributed by atoms with Gasteiger partial charge in [0.15, 0.2) is 0 Å². The van der Waals surface area contributed by atoms with Crippen molar-refractivity contribution >= 4 is 5.91 Å². The highest BCUT2D eigenvalue weighted by atomic mass is 16.5. The minimum Gasteiger partial charge on any atom is -0.351 e. The van der Waals surface area contributed by atoms with Gasteiger partial charge in [0.2, 0.25) is 5.76 Å². The van der Waals surface area contributed by atoms with Crippen LogP contribution in [0, 0.1) is 6.92 Å². The third kappa shape index (κ3) is 2.23. The molecule has 0 saturated carbocycles. The minimum atomic E-state index is -0.0834. The summed E-state index contributed by atoms with van der Waals surface area (Å²) in [5.41, 5.74) is 1.85. The number of aryl methyl sites for hydroxylation is 1. The van der Waals surface area contributed by atoms with Gasteiger partial charge >= 0.3 is 0 Å². The van der Waals surface area contributed by atoms with Gasteiger partial charge in [-0.2, -0.15) is 0 Å². The maximum atomic E-state index is 12.4. The fourth-order valence-electron chi connectivity index (χ4n) is 2.55. The molecule has 1 saturated heterocycles. The largest absolute Gasteiger partial charge is 0.351 e. The van der Waals surface area contributed by atoms with Crippen molar-refractivity contribution < 1.29 is 9.32 Å². The number of likely N-dealkylation sites (tertiary alicyclic amines) is 1. The van der Waals surface area contributed by atoms with Crippen molar-refractivity contribution in [3.8, 4) is 0 Å². The van der Waals surface area contributed by atoms with Crippen molar-refractivity contribution in [1.82, 2.24) is 15.0 Å². The molecule has 0 aromatic carbocycles. The third-order valence-electron chi connectivity index (χ3n) is 3.44. The van der Waals surface area contributed by atoms with Gasteiger partial charge in [-0.25, -0.2) is 0 Å². The van der Waals surface area contributed by atoms with E-state index in [-0.39, 0.29) is 11.9 Å². The summed E-state index contributed by atoms with van der Waals surface area (Å²) < 4.78 is 5.07. The van der Waals surface area contributed by atoms with Crippen LogP contribution in [0.4, 0.5) is 0 Å². The van der Waals surface area contributed by atoms with Crippen molar-refractivity contribution in [2.24, 2.45) is 0 Å². The molecule has 1 amide bonds. The van der Waals surface area contributed by atoms with E-state index in [1.807, 2.05) is 24.0 Å². The molecular formula is C14H15N3O2. The Morgan fingerprint density at radius 1 is 1.42 bits per heavy atom. The third-order valence-corrected chi connectivity index (χ3v) is 3.44. The van der Waals surface area contributed by atoms with Crippen LogP contribution in [0.1, 0.15) is 40.7 Å². The molecule has 0 unspecified atom stereocenters. The minimum absolute atomic E-state index is 0.0834. The summed E-state index contributed by atoms with van der Waals surface area (Å²) >= 11 is 0. The van der Waals surface area contributed by atoms with E-state index in [9.17, 15) is 4.79 Å². The van der Waals surface area contributed by atoms with Gasteiger partial charge in [-0.1, -0.05) is 5.16 Å². The lowest BCUT2D eigenvalue weighted by Gasteiger charge is -2.23. The summed E-state index contributed by atoms with van der Waals surface area (Å²) in [6, 6.07) is 5.72. The number of hydrogen-bond donors (Lipinski definition) is 0. The fraction of sp³-hybridized carbons (Fsp3) is 0.357. The number of carbonyl (C=O) groups excluding carboxylic acids is 1. The van der Waals surface area contributed by atoms with Crippen molar-refractivity contribution in [2.45, 2.75) is 25.8 Å². The molecule has 0 spiro atoms. The van der Waals surface area contributed by atoms with Crippen LogP contribution in [-0.4, -0.2) is 27.5 Å². The summed E-state index contributed by atoms with van der Waals surface area (Å²) in [7, 11) is 0. The average Bonchev–Trinajstić information content (AvgIpc) is 3.07. The molecule has 3 rings (SSSR count). The van der Waals surface area contributed by atoms with Crippen LogP contribution >= 0.6 is 0 Å². The van der Waals surface area contributed by atoms with Gasteiger partial charge in [-0.3, -0.25) is 9.78 Å². The molecule has 0 radical (unpaired) electrons. The van der Waals surface area contributed by atoms with Gasteiger partial charge in [0.1, 0.15) is 0 Å². The highest BCUT2D eigenvalue weighted by Crippen LogP contribution is 2.32. The molecule has 1 aliphatic heterocycles. The van der Waals surface area contributed by atoms with E-state index >= 15 is 0 Å². The molecule has 0 N–H and O–H groups in total. The van der Waals surface area contributed by atoms with Crippen LogP contribution in [0.5, 0.6) is 0 Å². The molecule has 0 aliphatic carbocycles. The Bertz CT molecular complexity index is 579. The average molecular weight is 257 g/mol. The normalized spacial score (nSPS) is 18.8. The topological polar surface area (TPSA) is 59.2 Å². The lowest BCUT2D eigenvalue weighted by Crippen LogP contribution is -2.30. The summed E-state index contributed by atoms with van der Waals surface area (Å²) in [6.45, 7) is 2.57. The van der Waals surface area contributed by atoms with Gasteiger partial charge in [0.25, 0.3) is 5.91 Å². The van der Waals surface area contributed by atoms with E-state index in [0.29, 0.717) is 5.76 Å². The Morgan fingerprint density at radius 3 is 2.89 bits per heavy atom. The molecule has 3 heterocycles. The second kappa shape index (κ2) is 4.84. The van der Waals surface area contributed by atoms with Crippen molar-refractivity contribution in [3.05, 3.63) is 47.6 Å². The molecular weight excluding hydrogens is 242 g/mol. The fourth-order valence-corrected chi connectivity index (χ4v) is 2.55. The molecule has 98 valence electrons. The Labute approximate surface area is 111 Å². The highest BCUT2D eigenvalue weighted by Gasteiger charge is 2.32. The molecule has 2 aromatic heterocycles. The van der Waals surface area contributed by atoms with Crippen molar-refractivity contribution in [1.29, 1.82) is 0 Å². The highest BCUT2D eigenvalue weighted by molar-refractivity contribution is 5.92. The first-order chi connectivity index (χ1) is 9.25. The van der Waals surface area contributed by atoms with Crippen molar-refractivity contribution in [3.63, 3.8) is 0 Å². The molecule has 19 heavy (non-hydrogen) atoms. The van der Waals surface area contributed by atoms with E-state index in [1.165, 1.54) is 0 Å². The molecule has 1 aliphatic rings. The first kappa shape index (κ1) is 11.9. The molecule has 5 nitrogen and oxygen atoms in total. The zero-order valence-corrected chi connectivity index (χ0v) is 10.7. The number of carbonyl (C=O) groups is 1. The standard InChI is InChI=1S/C14H15N3O2/c1-10-9-13(19-16-10)14(18)17-8-2-3-12(17)11-4-6-15-7-5-11/h4-7,9,12H,2-3,8H2,1H3/t12-/m1/s1. The van der Waals surface area contributed by atoms with Gasteiger partial charge in [-0.05, 0) is 37.5 Å². The van der Waals surface area contributed by atoms with E-state index in [1.54, 1.807) is 18.5 Å². The van der Waals surface area contributed by atoms with Gasteiger partial charge in [0.05, 0.1) is 11.7 Å². The van der Waals surface area contributed by atoms with E-state index in [4.69, 9.17) is 4.52 Å². The lowest BCUT2D eigenvalue weighted by molar-refractivity contribution is 0.0693.